The first-order valence-electron chi connectivity index (χ1n) is 6.68. The number of aliphatic hydroxyl groups is 1. The van der Waals surface area contributed by atoms with E-state index in [1.54, 1.807) is 11.5 Å². The first-order valence-corrected chi connectivity index (χ1v) is 6.68. The molecule has 22 heavy (non-hydrogen) atoms. The van der Waals surface area contributed by atoms with E-state index < -0.39 is 6.10 Å². The molecule has 0 amide bonds. The van der Waals surface area contributed by atoms with Gasteiger partial charge in [0.25, 0.3) is 0 Å². The minimum absolute atomic E-state index is 0.149. The summed E-state index contributed by atoms with van der Waals surface area (Å²) in [6, 6.07) is 5.61. The molecule has 1 unspecified atom stereocenters. The minimum atomic E-state index is -0.675. The van der Waals surface area contributed by atoms with Gasteiger partial charge in [-0.25, -0.2) is 15.0 Å². The predicted octanol–water partition coefficient (Wildman–Crippen LogP) is 0.833. The summed E-state index contributed by atoms with van der Waals surface area (Å²) in [7, 11) is 0. The second kappa shape index (κ2) is 5.42. The number of aliphatic hydroxyl groups excluding tert-OH is 1. The normalized spacial score (nSPS) is 12.0. The summed E-state index contributed by atoms with van der Waals surface area (Å²) in [6.07, 6.45) is 0.686. The van der Waals surface area contributed by atoms with Crippen molar-refractivity contribution >= 4 is 17.0 Å². The number of fused-ring (bicyclic) bond motifs is 1. The maximum Gasteiger partial charge on any atom is 0.240 e. The number of anilines is 1. The fourth-order valence-electron chi connectivity index (χ4n) is 2.12. The molecule has 3 rings (SSSR count). The van der Waals surface area contributed by atoms with Crippen LogP contribution in [0.25, 0.3) is 17.0 Å². The van der Waals surface area contributed by atoms with Gasteiger partial charge in [-0.15, -0.1) is 0 Å². The van der Waals surface area contributed by atoms with Crippen LogP contribution < -0.4 is 5.73 Å². The third kappa shape index (κ3) is 2.60. The molecule has 7 heteroatoms. The van der Waals surface area contributed by atoms with E-state index in [0.29, 0.717) is 5.95 Å². The highest BCUT2D eigenvalue weighted by atomic mass is 16.3. The summed E-state index contributed by atoms with van der Waals surface area (Å²) >= 11 is 0. The molecule has 0 fully saturated rings. The molecule has 0 bridgehead atoms. The first kappa shape index (κ1) is 14.0. The second-order valence-electron chi connectivity index (χ2n) is 4.79. The number of benzene rings is 1. The number of nitrogen functional groups attached to an aromatic ring is 1. The Morgan fingerprint density at radius 2 is 2.09 bits per heavy atom. The highest BCUT2D eigenvalue weighted by Crippen LogP contribution is 2.20. The van der Waals surface area contributed by atoms with Crippen LogP contribution in [-0.4, -0.2) is 35.7 Å². The van der Waals surface area contributed by atoms with E-state index in [-0.39, 0.29) is 5.95 Å². The van der Waals surface area contributed by atoms with Crippen LogP contribution in [0.3, 0.4) is 0 Å². The van der Waals surface area contributed by atoms with Gasteiger partial charge < -0.3 is 10.8 Å². The Kier molecular flexibility index (Phi) is 3.45. The number of imidazole rings is 1. The van der Waals surface area contributed by atoms with Gasteiger partial charge in [0.2, 0.25) is 11.9 Å². The largest absolute Gasteiger partial charge is 0.381 e. The van der Waals surface area contributed by atoms with Crippen molar-refractivity contribution in [2.45, 2.75) is 20.0 Å². The van der Waals surface area contributed by atoms with Crippen molar-refractivity contribution in [3.63, 3.8) is 0 Å². The second-order valence-corrected chi connectivity index (χ2v) is 4.79. The molecule has 0 saturated carbocycles. The lowest BCUT2D eigenvalue weighted by molar-refractivity contribution is 0.253. The van der Waals surface area contributed by atoms with Crippen molar-refractivity contribution in [2.75, 3.05) is 5.73 Å². The SMILES string of the molecule is Cc1nc2ccc(C#CC(C)O)cc2n1-c1ncnc(N)n1. The van der Waals surface area contributed by atoms with Gasteiger partial charge >= 0.3 is 0 Å². The highest BCUT2D eigenvalue weighted by Gasteiger charge is 2.12. The molecule has 3 N–H and O–H groups in total. The molecule has 0 aliphatic heterocycles. The molecule has 110 valence electrons. The fourth-order valence-corrected chi connectivity index (χ4v) is 2.12. The van der Waals surface area contributed by atoms with E-state index in [1.165, 1.54) is 6.33 Å². The van der Waals surface area contributed by atoms with Crippen LogP contribution in [0.15, 0.2) is 24.5 Å². The molecule has 7 nitrogen and oxygen atoms in total. The molecule has 1 atom stereocenters. The molecule has 0 spiro atoms. The molecular weight excluding hydrogens is 280 g/mol. The molecule has 0 aliphatic rings. The standard InChI is InChI=1S/C15H14N6O/c1-9(22)3-4-11-5-6-12-13(7-11)21(10(2)19-12)15-18-8-17-14(16)20-15/h5-9,22H,1-2H3,(H2,16,17,18,20). The van der Waals surface area contributed by atoms with Gasteiger partial charge in [-0.3, -0.25) is 4.57 Å². The van der Waals surface area contributed by atoms with Crippen molar-refractivity contribution in [1.82, 2.24) is 24.5 Å². The van der Waals surface area contributed by atoms with Gasteiger partial charge in [0.15, 0.2) is 0 Å². The smallest absolute Gasteiger partial charge is 0.240 e. The number of rotatable bonds is 1. The first-order chi connectivity index (χ1) is 10.5. The fraction of sp³-hybridized carbons (Fsp3) is 0.200. The maximum atomic E-state index is 9.26. The lowest BCUT2D eigenvalue weighted by Crippen LogP contribution is -2.06. The van der Waals surface area contributed by atoms with Gasteiger partial charge in [0, 0.05) is 5.56 Å². The minimum Gasteiger partial charge on any atom is -0.381 e. The summed E-state index contributed by atoms with van der Waals surface area (Å²) < 4.78 is 1.79. The zero-order chi connectivity index (χ0) is 15.7. The Bertz CT molecular complexity index is 903. The summed E-state index contributed by atoms with van der Waals surface area (Å²) in [5.41, 5.74) is 8.02. The number of aromatic nitrogens is 5. The van der Waals surface area contributed by atoms with E-state index in [1.807, 2.05) is 25.1 Å². The molecule has 2 aromatic heterocycles. The number of hydrogen-bond acceptors (Lipinski definition) is 6. The predicted molar refractivity (Wildman–Crippen MR) is 82.2 cm³/mol. The Labute approximate surface area is 126 Å². The summed E-state index contributed by atoms with van der Waals surface area (Å²) in [5.74, 6) is 6.93. The van der Waals surface area contributed by atoms with Gasteiger partial charge in [-0.05, 0) is 32.0 Å². The topological polar surface area (TPSA) is 103 Å². The van der Waals surface area contributed by atoms with Crippen molar-refractivity contribution in [3.05, 3.63) is 35.9 Å². The van der Waals surface area contributed by atoms with Crippen LogP contribution in [0.2, 0.25) is 0 Å². The van der Waals surface area contributed by atoms with E-state index >= 15 is 0 Å². The number of aryl methyl sites for hydroxylation is 1. The van der Waals surface area contributed by atoms with Crippen molar-refractivity contribution in [2.24, 2.45) is 0 Å². The molecule has 3 aromatic rings. The van der Waals surface area contributed by atoms with E-state index in [4.69, 9.17) is 5.73 Å². The average molecular weight is 294 g/mol. The molecule has 0 saturated heterocycles. The van der Waals surface area contributed by atoms with Crippen molar-refractivity contribution < 1.29 is 5.11 Å². The van der Waals surface area contributed by atoms with E-state index in [2.05, 4.69) is 31.8 Å². The lowest BCUT2D eigenvalue weighted by atomic mass is 10.2. The summed E-state index contributed by atoms with van der Waals surface area (Å²) in [5, 5.41) is 9.26. The van der Waals surface area contributed by atoms with Gasteiger partial charge in [-0.2, -0.15) is 4.98 Å². The van der Waals surface area contributed by atoms with Crippen LogP contribution >= 0.6 is 0 Å². The average Bonchev–Trinajstić information content (AvgIpc) is 2.80. The van der Waals surface area contributed by atoms with E-state index in [9.17, 15) is 5.11 Å². The van der Waals surface area contributed by atoms with E-state index in [0.717, 1.165) is 22.4 Å². The van der Waals surface area contributed by atoms with Gasteiger partial charge in [0.05, 0.1) is 11.0 Å². The summed E-state index contributed by atoms with van der Waals surface area (Å²) in [4.78, 5) is 16.6. The Balaban J connectivity index is 2.20. The third-order valence-electron chi connectivity index (χ3n) is 3.03. The monoisotopic (exact) mass is 294 g/mol. The third-order valence-corrected chi connectivity index (χ3v) is 3.03. The Hall–Kier alpha value is -2.98. The lowest BCUT2D eigenvalue weighted by Gasteiger charge is -2.04. The molecule has 1 aromatic carbocycles. The molecule has 2 heterocycles. The van der Waals surface area contributed by atoms with Crippen LogP contribution in [0.5, 0.6) is 0 Å². The number of nitrogens with two attached hydrogens (primary N) is 1. The molecular formula is C15H14N6O. The van der Waals surface area contributed by atoms with Crippen LogP contribution in [-0.2, 0) is 0 Å². The summed E-state index contributed by atoms with van der Waals surface area (Å²) in [6.45, 7) is 3.48. The highest BCUT2D eigenvalue weighted by molar-refractivity contribution is 5.79. The number of hydrogen-bond donors (Lipinski definition) is 2. The van der Waals surface area contributed by atoms with Gasteiger partial charge in [-0.1, -0.05) is 11.8 Å². The van der Waals surface area contributed by atoms with Crippen molar-refractivity contribution in [3.8, 4) is 17.8 Å². The van der Waals surface area contributed by atoms with Crippen LogP contribution in [0.4, 0.5) is 5.95 Å². The molecule has 0 radical (unpaired) electrons. The Morgan fingerprint density at radius 1 is 1.27 bits per heavy atom. The zero-order valence-electron chi connectivity index (χ0n) is 12.1. The van der Waals surface area contributed by atoms with Crippen LogP contribution in [0.1, 0.15) is 18.3 Å². The van der Waals surface area contributed by atoms with Crippen molar-refractivity contribution in [1.29, 1.82) is 0 Å². The van der Waals surface area contributed by atoms with Gasteiger partial charge in [0.1, 0.15) is 18.3 Å². The zero-order valence-corrected chi connectivity index (χ0v) is 12.1. The quantitative estimate of drug-likeness (QED) is 0.644. The maximum absolute atomic E-state index is 9.26. The van der Waals surface area contributed by atoms with Crippen LogP contribution in [0, 0.1) is 18.8 Å². The Morgan fingerprint density at radius 3 is 2.82 bits per heavy atom. The molecule has 0 aliphatic carbocycles. The number of nitrogens with zero attached hydrogens (tertiary/aromatic N) is 5.